The zero-order valence-electron chi connectivity index (χ0n) is 16.3. The van der Waals surface area contributed by atoms with E-state index in [4.69, 9.17) is 4.74 Å². The molecule has 1 saturated heterocycles. The Hall–Kier alpha value is -2.03. The minimum absolute atomic E-state index is 0.295. The van der Waals surface area contributed by atoms with Crippen LogP contribution in [0, 0.1) is 5.82 Å². The highest BCUT2D eigenvalue weighted by Crippen LogP contribution is 2.25. The van der Waals surface area contributed by atoms with Gasteiger partial charge < -0.3 is 15.0 Å². The van der Waals surface area contributed by atoms with Gasteiger partial charge in [0.05, 0.1) is 6.61 Å². The summed E-state index contributed by atoms with van der Waals surface area (Å²) >= 11 is 0. The fraction of sp³-hybridized carbons (Fsp3) is 0.632. The molecule has 1 atom stereocenters. The first-order valence-electron chi connectivity index (χ1n) is 9.46. The first-order valence-corrected chi connectivity index (χ1v) is 9.46. The quantitative estimate of drug-likeness (QED) is 0.328. The predicted molar refractivity (Wildman–Crippen MR) is 101 cm³/mol. The molecule has 1 fully saturated rings. The van der Waals surface area contributed by atoms with Gasteiger partial charge in [-0.05, 0) is 44.0 Å². The number of rotatable bonds is 7. The second-order valence-corrected chi connectivity index (χ2v) is 6.72. The van der Waals surface area contributed by atoms with Crippen molar-refractivity contribution < 1.29 is 22.3 Å². The molecule has 1 aliphatic heterocycles. The van der Waals surface area contributed by atoms with Crippen LogP contribution in [-0.4, -0.2) is 74.4 Å². The van der Waals surface area contributed by atoms with E-state index in [0.717, 1.165) is 12.8 Å². The molecule has 158 valence electrons. The number of unbranched alkanes of at least 4 members (excludes halogenated alkanes) is 1. The smallest absolute Gasteiger partial charge is 0.403 e. The van der Waals surface area contributed by atoms with Crippen LogP contribution in [-0.2, 0) is 0 Å². The van der Waals surface area contributed by atoms with Gasteiger partial charge in [0.1, 0.15) is 17.6 Å². The average Bonchev–Trinajstić information content (AvgIpc) is 2.68. The van der Waals surface area contributed by atoms with Crippen LogP contribution >= 0.6 is 0 Å². The SMILES string of the molecule is CN=C(NCCCCOc1ccc(F)cc1)N1CCN(C(C)C(F)(F)F)CC1. The molecule has 0 radical (unpaired) electrons. The van der Waals surface area contributed by atoms with Crippen LogP contribution in [0.1, 0.15) is 19.8 Å². The summed E-state index contributed by atoms with van der Waals surface area (Å²) < 4.78 is 56.9. The van der Waals surface area contributed by atoms with E-state index in [-0.39, 0.29) is 5.82 Å². The van der Waals surface area contributed by atoms with E-state index in [1.807, 2.05) is 4.90 Å². The van der Waals surface area contributed by atoms with E-state index < -0.39 is 12.2 Å². The minimum atomic E-state index is -4.20. The van der Waals surface area contributed by atoms with Crippen LogP contribution in [0.25, 0.3) is 0 Å². The third kappa shape index (κ3) is 6.85. The number of ether oxygens (including phenoxy) is 1. The topological polar surface area (TPSA) is 40.1 Å². The van der Waals surface area contributed by atoms with Crippen molar-refractivity contribution in [2.24, 2.45) is 4.99 Å². The molecule has 1 unspecified atom stereocenters. The number of hydrogen-bond donors (Lipinski definition) is 1. The van der Waals surface area contributed by atoms with Gasteiger partial charge in [0.2, 0.25) is 0 Å². The molecule has 5 nitrogen and oxygen atoms in total. The lowest BCUT2D eigenvalue weighted by Gasteiger charge is -2.39. The van der Waals surface area contributed by atoms with Gasteiger partial charge in [0.15, 0.2) is 5.96 Å². The monoisotopic (exact) mass is 404 g/mol. The van der Waals surface area contributed by atoms with E-state index in [9.17, 15) is 17.6 Å². The summed E-state index contributed by atoms with van der Waals surface area (Å²) in [6.45, 7) is 4.15. The molecule has 2 rings (SSSR count). The van der Waals surface area contributed by atoms with E-state index in [0.29, 0.717) is 51.0 Å². The highest BCUT2D eigenvalue weighted by molar-refractivity contribution is 5.79. The molecule has 1 N–H and O–H groups in total. The standard InChI is InChI=1S/C19H28F4N4O/c1-15(19(21,22)23)26-10-12-27(13-11-26)18(24-2)25-9-3-4-14-28-17-7-5-16(20)6-8-17/h5-8,15H,3-4,9-14H2,1-2H3,(H,24,25). The molecule has 0 aliphatic carbocycles. The average molecular weight is 404 g/mol. The zero-order chi connectivity index (χ0) is 20.6. The maximum atomic E-state index is 12.8. The summed E-state index contributed by atoms with van der Waals surface area (Å²) in [4.78, 5) is 7.66. The number of benzene rings is 1. The molecule has 0 aromatic heterocycles. The molecule has 28 heavy (non-hydrogen) atoms. The van der Waals surface area contributed by atoms with E-state index in [1.165, 1.54) is 24.0 Å². The molecule has 1 aromatic carbocycles. The van der Waals surface area contributed by atoms with Gasteiger partial charge in [-0.25, -0.2) is 4.39 Å². The number of guanidine groups is 1. The van der Waals surface area contributed by atoms with Crippen molar-refractivity contribution in [3.05, 3.63) is 30.1 Å². The van der Waals surface area contributed by atoms with Crippen LogP contribution in [0.2, 0.25) is 0 Å². The molecule has 1 heterocycles. The van der Waals surface area contributed by atoms with Gasteiger partial charge in [-0.2, -0.15) is 13.2 Å². The van der Waals surface area contributed by atoms with E-state index >= 15 is 0 Å². The fourth-order valence-corrected chi connectivity index (χ4v) is 3.01. The third-order valence-electron chi connectivity index (χ3n) is 4.78. The molecule has 0 saturated carbocycles. The number of hydrogen-bond acceptors (Lipinski definition) is 3. The molecule has 0 spiro atoms. The summed E-state index contributed by atoms with van der Waals surface area (Å²) in [5, 5.41) is 3.25. The van der Waals surface area contributed by atoms with Gasteiger partial charge in [-0.1, -0.05) is 0 Å². The van der Waals surface area contributed by atoms with Gasteiger partial charge in [-0.15, -0.1) is 0 Å². The van der Waals surface area contributed by atoms with Crippen molar-refractivity contribution in [2.75, 3.05) is 46.4 Å². The van der Waals surface area contributed by atoms with Crippen LogP contribution in [0.5, 0.6) is 5.75 Å². The van der Waals surface area contributed by atoms with Crippen molar-refractivity contribution in [3.8, 4) is 5.75 Å². The Labute approximate surface area is 163 Å². The summed E-state index contributed by atoms with van der Waals surface area (Å²) in [7, 11) is 1.67. The van der Waals surface area contributed by atoms with Gasteiger partial charge in [0.25, 0.3) is 0 Å². The Morgan fingerprint density at radius 2 is 1.79 bits per heavy atom. The second-order valence-electron chi connectivity index (χ2n) is 6.72. The second kappa shape index (κ2) is 10.5. The summed E-state index contributed by atoms with van der Waals surface area (Å²) in [6, 6.07) is 4.47. The first-order chi connectivity index (χ1) is 13.3. The molecule has 1 aromatic rings. The van der Waals surface area contributed by atoms with E-state index in [1.54, 1.807) is 19.2 Å². The van der Waals surface area contributed by atoms with Crippen molar-refractivity contribution >= 4 is 5.96 Å². The molecular formula is C19H28F4N4O. The highest BCUT2D eigenvalue weighted by atomic mass is 19.4. The summed E-state index contributed by atoms with van der Waals surface area (Å²) in [5.41, 5.74) is 0. The summed E-state index contributed by atoms with van der Waals surface area (Å²) in [6.07, 6.45) is -2.53. The lowest BCUT2D eigenvalue weighted by Crippen LogP contribution is -2.56. The number of nitrogens with one attached hydrogen (secondary N) is 1. The Morgan fingerprint density at radius 3 is 2.36 bits per heavy atom. The predicted octanol–water partition coefficient (Wildman–Crippen LogP) is 3.13. The molecule has 1 aliphatic rings. The first kappa shape index (κ1) is 22.3. The Morgan fingerprint density at radius 1 is 1.14 bits per heavy atom. The van der Waals surface area contributed by atoms with Gasteiger partial charge in [0, 0.05) is 39.8 Å². The molecule has 0 amide bonds. The lowest BCUT2D eigenvalue weighted by atomic mass is 10.2. The van der Waals surface area contributed by atoms with Crippen molar-refractivity contribution in [1.29, 1.82) is 0 Å². The fourth-order valence-electron chi connectivity index (χ4n) is 3.01. The lowest BCUT2D eigenvalue weighted by molar-refractivity contribution is -0.181. The number of alkyl halides is 3. The maximum Gasteiger partial charge on any atom is 0.403 e. The summed E-state index contributed by atoms with van der Waals surface area (Å²) in [5.74, 6) is 1.05. The van der Waals surface area contributed by atoms with Crippen LogP contribution in [0.15, 0.2) is 29.3 Å². The zero-order valence-corrected chi connectivity index (χ0v) is 16.3. The van der Waals surface area contributed by atoms with Gasteiger partial charge in [-0.3, -0.25) is 9.89 Å². The van der Waals surface area contributed by atoms with Gasteiger partial charge >= 0.3 is 6.18 Å². The number of aliphatic imine (C=N–C) groups is 1. The van der Waals surface area contributed by atoms with Crippen LogP contribution in [0.3, 0.4) is 0 Å². The van der Waals surface area contributed by atoms with Crippen molar-refractivity contribution in [1.82, 2.24) is 15.1 Å². The van der Waals surface area contributed by atoms with Crippen molar-refractivity contribution in [3.63, 3.8) is 0 Å². The Balaban J connectivity index is 1.63. The number of nitrogens with zero attached hydrogens (tertiary/aromatic N) is 3. The molecular weight excluding hydrogens is 376 g/mol. The molecule has 9 heteroatoms. The highest BCUT2D eigenvalue weighted by Gasteiger charge is 2.41. The number of piperazine rings is 1. The third-order valence-corrected chi connectivity index (χ3v) is 4.78. The molecule has 0 bridgehead atoms. The van der Waals surface area contributed by atoms with Crippen LogP contribution < -0.4 is 10.1 Å². The number of halogens is 4. The van der Waals surface area contributed by atoms with E-state index in [2.05, 4.69) is 10.3 Å². The minimum Gasteiger partial charge on any atom is -0.494 e. The van der Waals surface area contributed by atoms with Crippen LogP contribution in [0.4, 0.5) is 17.6 Å². The Bertz CT molecular complexity index is 613. The normalized spacial score (nSPS) is 17.5. The maximum absolute atomic E-state index is 12.8. The van der Waals surface area contributed by atoms with Crippen molar-refractivity contribution in [2.45, 2.75) is 32.0 Å². The Kier molecular flexibility index (Phi) is 8.35. The largest absolute Gasteiger partial charge is 0.494 e.